The van der Waals surface area contributed by atoms with Crippen LogP contribution in [0.2, 0.25) is 0 Å². The van der Waals surface area contributed by atoms with Crippen molar-refractivity contribution < 1.29 is 9.72 Å². The summed E-state index contributed by atoms with van der Waals surface area (Å²) >= 11 is 0.969. The van der Waals surface area contributed by atoms with Gasteiger partial charge in [0.1, 0.15) is 5.82 Å². The van der Waals surface area contributed by atoms with Crippen LogP contribution in [0, 0.1) is 16.0 Å². The molecular weight excluding hydrogens is 428 g/mol. The minimum atomic E-state index is -0.476. The third kappa shape index (κ3) is 4.96. The molecule has 168 valence electrons. The molecule has 1 amide bonds. The number of thiophene rings is 1. The SMILES string of the molecule is CN(C)c1nc(N[C@H]2CC[C@@H](CNC(=O)c3csc([N+](=O)[O-])c3)CC2)nc2ccccc12. The van der Waals surface area contributed by atoms with Crippen molar-refractivity contribution in [3.8, 4) is 0 Å². The van der Waals surface area contributed by atoms with Gasteiger partial charge in [0.2, 0.25) is 5.95 Å². The number of amides is 1. The van der Waals surface area contributed by atoms with E-state index >= 15 is 0 Å². The largest absolute Gasteiger partial charge is 0.362 e. The molecule has 1 aliphatic carbocycles. The molecule has 9 nitrogen and oxygen atoms in total. The molecule has 0 spiro atoms. The van der Waals surface area contributed by atoms with Gasteiger partial charge in [0, 0.05) is 43.5 Å². The number of para-hydroxylation sites is 1. The van der Waals surface area contributed by atoms with E-state index in [9.17, 15) is 14.9 Å². The summed E-state index contributed by atoms with van der Waals surface area (Å²) in [6.45, 7) is 0.576. The molecule has 2 aromatic heterocycles. The van der Waals surface area contributed by atoms with Crippen LogP contribution in [-0.2, 0) is 0 Å². The topological polar surface area (TPSA) is 113 Å². The van der Waals surface area contributed by atoms with Gasteiger partial charge in [-0.25, -0.2) is 4.98 Å². The predicted octanol–water partition coefficient (Wildman–Crippen LogP) is 4.07. The first-order valence-electron chi connectivity index (χ1n) is 10.6. The monoisotopic (exact) mass is 454 g/mol. The van der Waals surface area contributed by atoms with E-state index in [2.05, 4.69) is 15.6 Å². The van der Waals surface area contributed by atoms with Crippen LogP contribution in [0.25, 0.3) is 10.9 Å². The van der Waals surface area contributed by atoms with Crippen LogP contribution >= 0.6 is 11.3 Å². The number of anilines is 2. The summed E-state index contributed by atoms with van der Waals surface area (Å²) in [5.41, 5.74) is 1.26. The first-order chi connectivity index (χ1) is 15.4. The van der Waals surface area contributed by atoms with Crippen LogP contribution in [0.5, 0.6) is 0 Å². The third-order valence-electron chi connectivity index (χ3n) is 5.77. The Morgan fingerprint density at radius 2 is 1.97 bits per heavy atom. The van der Waals surface area contributed by atoms with Crippen molar-refractivity contribution in [3.63, 3.8) is 0 Å². The molecule has 0 aliphatic heterocycles. The maximum atomic E-state index is 12.3. The summed E-state index contributed by atoms with van der Waals surface area (Å²) in [7, 11) is 3.96. The lowest BCUT2D eigenvalue weighted by Crippen LogP contribution is -2.34. The van der Waals surface area contributed by atoms with Crippen molar-refractivity contribution in [1.82, 2.24) is 15.3 Å². The number of nitrogens with zero attached hydrogens (tertiary/aromatic N) is 4. The Morgan fingerprint density at radius 3 is 2.66 bits per heavy atom. The highest BCUT2D eigenvalue weighted by atomic mass is 32.1. The van der Waals surface area contributed by atoms with E-state index in [4.69, 9.17) is 4.98 Å². The summed E-state index contributed by atoms with van der Waals surface area (Å²) < 4.78 is 0. The molecule has 3 aromatic rings. The maximum absolute atomic E-state index is 12.3. The van der Waals surface area contributed by atoms with Gasteiger partial charge in [-0.05, 0) is 43.7 Å². The zero-order valence-electron chi connectivity index (χ0n) is 18.1. The predicted molar refractivity (Wildman–Crippen MR) is 127 cm³/mol. The summed E-state index contributed by atoms with van der Waals surface area (Å²) in [5, 5.41) is 19.7. The molecular formula is C22H26N6O3S. The molecule has 0 saturated heterocycles. The minimum Gasteiger partial charge on any atom is -0.362 e. The molecule has 1 aromatic carbocycles. The quantitative estimate of drug-likeness (QED) is 0.409. The Kier molecular flexibility index (Phi) is 6.50. The Hall–Kier alpha value is -3.27. The molecule has 4 rings (SSSR count). The van der Waals surface area contributed by atoms with Crippen LogP contribution in [0.3, 0.4) is 0 Å². The van der Waals surface area contributed by atoms with E-state index in [1.807, 2.05) is 43.3 Å². The first-order valence-corrected chi connectivity index (χ1v) is 11.5. The lowest BCUT2D eigenvalue weighted by molar-refractivity contribution is -0.380. The summed E-state index contributed by atoms with van der Waals surface area (Å²) in [6.07, 6.45) is 3.90. The highest BCUT2D eigenvalue weighted by molar-refractivity contribution is 7.13. The first kappa shape index (κ1) is 21.9. The van der Waals surface area contributed by atoms with Crippen LogP contribution in [0.4, 0.5) is 16.8 Å². The smallest absolute Gasteiger partial charge is 0.324 e. The number of rotatable bonds is 7. The lowest BCUT2D eigenvalue weighted by Gasteiger charge is -2.29. The zero-order valence-corrected chi connectivity index (χ0v) is 18.9. The average molecular weight is 455 g/mol. The van der Waals surface area contributed by atoms with E-state index in [0.717, 1.165) is 53.7 Å². The van der Waals surface area contributed by atoms with Gasteiger partial charge in [0.15, 0.2) is 0 Å². The lowest BCUT2D eigenvalue weighted by atomic mass is 9.86. The van der Waals surface area contributed by atoms with Crippen molar-refractivity contribution >= 4 is 44.9 Å². The van der Waals surface area contributed by atoms with E-state index < -0.39 is 4.92 Å². The molecule has 2 N–H and O–H groups in total. The molecule has 0 unspecified atom stereocenters. The Balaban J connectivity index is 1.30. The normalized spacial score (nSPS) is 18.3. The second-order valence-corrected chi connectivity index (χ2v) is 9.17. The molecule has 10 heteroatoms. The molecule has 2 heterocycles. The summed E-state index contributed by atoms with van der Waals surface area (Å²) in [5.74, 6) is 1.67. The Morgan fingerprint density at radius 1 is 1.22 bits per heavy atom. The fourth-order valence-electron chi connectivity index (χ4n) is 4.04. The van der Waals surface area contributed by atoms with Crippen molar-refractivity contribution in [2.45, 2.75) is 31.7 Å². The van der Waals surface area contributed by atoms with Gasteiger partial charge in [-0.15, -0.1) is 0 Å². The van der Waals surface area contributed by atoms with Gasteiger partial charge in [-0.3, -0.25) is 14.9 Å². The molecule has 32 heavy (non-hydrogen) atoms. The highest BCUT2D eigenvalue weighted by Crippen LogP contribution is 2.28. The second-order valence-electron chi connectivity index (χ2n) is 8.29. The van der Waals surface area contributed by atoms with Crippen LogP contribution in [0.15, 0.2) is 35.7 Å². The van der Waals surface area contributed by atoms with Crippen LogP contribution in [0.1, 0.15) is 36.0 Å². The number of hydrogen-bond donors (Lipinski definition) is 2. The third-order valence-corrected chi connectivity index (χ3v) is 6.65. The highest BCUT2D eigenvalue weighted by Gasteiger charge is 2.23. The molecule has 1 saturated carbocycles. The molecule has 1 fully saturated rings. The average Bonchev–Trinajstić information content (AvgIpc) is 3.29. The number of carbonyl (C=O) groups excluding carboxylic acids is 1. The van der Waals surface area contributed by atoms with Crippen molar-refractivity contribution in [1.29, 1.82) is 0 Å². The van der Waals surface area contributed by atoms with Gasteiger partial charge < -0.3 is 15.5 Å². The summed E-state index contributed by atoms with van der Waals surface area (Å²) in [4.78, 5) is 34.0. The number of carbonyl (C=O) groups is 1. The van der Waals surface area contributed by atoms with E-state index in [-0.39, 0.29) is 17.0 Å². The van der Waals surface area contributed by atoms with E-state index in [1.54, 1.807) is 0 Å². The fraction of sp³-hybridized carbons (Fsp3) is 0.409. The number of nitrogens with one attached hydrogen (secondary N) is 2. The molecule has 0 bridgehead atoms. The van der Waals surface area contributed by atoms with Gasteiger partial charge in [-0.2, -0.15) is 4.98 Å². The van der Waals surface area contributed by atoms with Gasteiger partial charge in [0.05, 0.1) is 16.0 Å². The van der Waals surface area contributed by atoms with Crippen molar-refractivity contribution in [3.05, 3.63) is 51.4 Å². The maximum Gasteiger partial charge on any atom is 0.324 e. The summed E-state index contributed by atoms with van der Waals surface area (Å²) in [6, 6.07) is 9.61. The van der Waals surface area contributed by atoms with Gasteiger partial charge in [-0.1, -0.05) is 23.5 Å². The number of aromatic nitrogens is 2. The number of nitro groups is 1. The number of benzene rings is 1. The standard InChI is InChI=1S/C22H26N6O3S/c1-27(2)20-17-5-3-4-6-18(17)25-22(26-20)24-16-9-7-14(8-10-16)12-23-21(29)15-11-19(28(30)31)32-13-15/h3-6,11,13-14,16H,7-10,12H2,1-2H3,(H,23,29)(H,24,25,26)/t14-,16+. The van der Waals surface area contributed by atoms with Gasteiger partial charge >= 0.3 is 5.00 Å². The minimum absolute atomic E-state index is 0.0185. The number of fused-ring (bicyclic) bond motifs is 1. The fourth-order valence-corrected chi connectivity index (χ4v) is 4.74. The van der Waals surface area contributed by atoms with Crippen molar-refractivity contribution in [2.24, 2.45) is 5.92 Å². The van der Waals surface area contributed by atoms with Gasteiger partial charge in [0.25, 0.3) is 5.91 Å². The van der Waals surface area contributed by atoms with Crippen molar-refractivity contribution in [2.75, 3.05) is 30.9 Å². The van der Waals surface area contributed by atoms with Crippen LogP contribution < -0.4 is 15.5 Å². The second kappa shape index (κ2) is 9.47. The Bertz CT molecular complexity index is 1120. The Labute approximate surface area is 190 Å². The molecule has 0 radical (unpaired) electrons. The zero-order chi connectivity index (χ0) is 22.7. The number of hydrogen-bond acceptors (Lipinski definition) is 8. The van der Waals surface area contributed by atoms with E-state index in [0.29, 0.717) is 24.0 Å². The molecule has 0 atom stereocenters. The van der Waals surface area contributed by atoms with E-state index in [1.165, 1.54) is 11.4 Å². The molecule has 1 aliphatic rings. The van der Waals surface area contributed by atoms with Crippen LogP contribution in [-0.4, -0.2) is 47.5 Å².